The Kier molecular flexibility index (Phi) is 2.46. The number of rotatable bonds is 2. The van der Waals surface area contributed by atoms with Crippen LogP contribution in [0.3, 0.4) is 0 Å². The van der Waals surface area contributed by atoms with Gasteiger partial charge in [0.1, 0.15) is 11.8 Å². The molecule has 2 aromatic rings. The fourth-order valence-electron chi connectivity index (χ4n) is 1.37. The number of aromatic nitrogens is 3. The zero-order valence-electron chi connectivity index (χ0n) is 8.38. The van der Waals surface area contributed by atoms with Gasteiger partial charge in [-0.2, -0.15) is 10.4 Å². The summed E-state index contributed by atoms with van der Waals surface area (Å²) in [5.74, 6) is 0. The van der Waals surface area contributed by atoms with Gasteiger partial charge in [0.05, 0.1) is 12.2 Å². The molecule has 74 valence electrons. The first kappa shape index (κ1) is 9.41. The van der Waals surface area contributed by atoms with Gasteiger partial charge in [0.2, 0.25) is 0 Å². The highest BCUT2D eigenvalue weighted by atomic mass is 15.3. The van der Waals surface area contributed by atoms with Crippen molar-refractivity contribution in [1.29, 1.82) is 5.26 Å². The van der Waals surface area contributed by atoms with Gasteiger partial charge in [0, 0.05) is 12.4 Å². The molecule has 0 unspecified atom stereocenters. The van der Waals surface area contributed by atoms with Crippen molar-refractivity contribution in [2.24, 2.45) is 0 Å². The lowest BCUT2D eigenvalue weighted by atomic mass is 10.2. The van der Waals surface area contributed by atoms with Crippen molar-refractivity contribution in [1.82, 2.24) is 14.8 Å². The molecule has 0 radical (unpaired) electrons. The van der Waals surface area contributed by atoms with E-state index < -0.39 is 0 Å². The molecule has 0 bridgehead atoms. The lowest BCUT2D eigenvalue weighted by Gasteiger charge is -2.01. The Morgan fingerprint density at radius 1 is 1.47 bits per heavy atom. The molecule has 2 heterocycles. The highest BCUT2D eigenvalue weighted by Gasteiger charge is 1.98. The van der Waals surface area contributed by atoms with Crippen LogP contribution in [0, 0.1) is 18.3 Å². The van der Waals surface area contributed by atoms with Crippen molar-refractivity contribution >= 4 is 0 Å². The number of nitriles is 1. The van der Waals surface area contributed by atoms with Crippen molar-refractivity contribution in [2.45, 2.75) is 13.5 Å². The first-order valence-corrected chi connectivity index (χ1v) is 4.63. The number of aryl methyl sites for hydroxylation is 1. The summed E-state index contributed by atoms with van der Waals surface area (Å²) in [6.07, 6.45) is 3.56. The second-order valence-corrected chi connectivity index (χ2v) is 3.32. The molecule has 0 aliphatic carbocycles. The lowest BCUT2D eigenvalue weighted by Crippen LogP contribution is -2.01. The van der Waals surface area contributed by atoms with E-state index in [1.54, 1.807) is 12.3 Å². The largest absolute Gasteiger partial charge is 0.268 e. The van der Waals surface area contributed by atoms with Crippen LogP contribution < -0.4 is 0 Å². The second-order valence-electron chi connectivity index (χ2n) is 3.32. The van der Waals surface area contributed by atoms with Crippen LogP contribution in [0.5, 0.6) is 0 Å². The minimum Gasteiger partial charge on any atom is -0.268 e. The van der Waals surface area contributed by atoms with Crippen LogP contribution in [0.15, 0.2) is 30.6 Å². The third kappa shape index (κ3) is 2.20. The van der Waals surface area contributed by atoms with Crippen molar-refractivity contribution in [3.8, 4) is 6.07 Å². The monoisotopic (exact) mass is 198 g/mol. The molecular weight excluding hydrogens is 188 g/mol. The maximum Gasteiger partial charge on any atom is 0.140 e. The van der Waals surface area contributed by atoms with E-state index in [1.165, 1.54) is 0 Å². The molecule has 15 heavy (non-hydrogen) atoms. The van der Waals surface area contributed by atoms with Crippen LogP contribution in [-0.4, -0.2) is 14.8 Å². The van der Waals surface area contributed by atoms with Crippen LogP contribution >= 0.6 is 0 Å². The van der Waals surface area contributed by atoms with E-state index in [-0.39, 0.29) is 0 Å². The van der Waals surface area contributed by atoms with E-state index in [2.05, 4.69) is 10.1 Å². The molecule has 0 aliphatic heterocycles. The molecule has 2 rings (SSSR count). The normalized spacial score (nSPS) is 9.87. The Morgan fingerprint density at radius 2 is 2.33 bits per heavy atom. The second kappa shape index (κ2) is 3.93. The molecule has 0 aliphatic rings. The summed E-state index contributed by atoms with van der Waals surface area (Å²) in [4.78, 5) is 3.91. The van der Waals surface area contributed by atoms with Gasteiger partial charge in [-0.15, -0.1) is 0 Å². The first-order valence-electron chi connectivity index (χ1n) is 4.63. The standard InChI is InChI=1S/C11H10N4/c1-9-3-5-15(14-9)8-10-2-4-13-11(6-10)7-12/h2-6H,8H2,1H3. The summed E-state index contributed by atoms with van der Waals surface area (Å²) in [6.45, 7) is 2.62. The van der Waals surface area contributed by atoms with Crippen LogP contribution in [-0.2, 0) is 6.54 Å². The Hall–Kier alpha value is -2.15. The van der Waals surface area contributed by atoms with E-state index in [0.717, 1.165) is 11.3 Å². The lowest BCUT2D eigenvalue weighted by molar-refractivity contribution is 0.678. The third-order valence-corrected chi connectivity index (χ3v) is 2.06. The molecule has 0 aromatic carbocycles. The van der Waals surface area contributed by atoms with Gasteiger partial charge < -0.3 is 0 Å². The predicted octanol–water partition coefficient (Wildman–Crippen LogP) is 1.51. The summed E-state index contributed by atoms with van der Waals surface area (Å²) in [7, 11) is 0. The maximum atomic E-state index is 8.70. The Morgan fingerprint density at radius 3 is 3.00 bits per heavy atom. The van der Waals surface area contributed by atoms with E-state index >= 15 is 0 Å². The average Bonchev–Trinajstić information content (AvgIpc) is 2.64. The van der Waals surface area contributed by atoms with E-state index in [0.29, 0.717) is 12.2 Å². The Balaban J connectivity index is 2.21. The summed E-state index contributed by atoms with van der Waals surface area (Å²) >= 11 is 0. The van der Waals surface area contributed by atoms with E-state index in [9.17, 15) is 0 Å². The van der Waals surface area contributed by atoms with E-state index in [4.69, 9.17) is 5.26 Å². The zero-order chi connectivity index (χ0) is 10.7. The zero-order valence-corrected chi connectivity index (χ0v) is 8.38. The number of nitrogens with zero attached hydrogens (tertiary/aromatic N) is 4. The summed E-state index contributed by atoms with van der Waals surface area (Å²) < 4.78 is 1.84. The fraction of sp³-hybridized carbons (Fsp3) is 0.182. The third-order valence-electron chi connectivity index (χ3n) is 2.06. The Bertz CT molecular complexity index is 507. The van der Waals surface area contributed by atoms with Gasteiger partial charge in [-0.25, -0.2) is 4.98 Å². The summed E-state index contributed by atoms with van der Waals surface area (Å²) in [6, 6.07) is 7.63. The molecule has 4 nitrogen and oxygen atoms in total. The van der Waals surface area contributed by atoms with Gasteiger partial charge >= 0.3 is 0 Å². The quantitative estimate of drug-likeness (QED) is 0.734. The van der Waals surface area contributed by atoms with Gasteiger partial charge in [-0.05, 0) is 30.7 Å². The van der Waals surface area contributed by atoms with Crippen molar-refractivity contribution in [2.75, 3.05) is 0 Å². The number of pyridine rings is 1. The molecule has 2 aromatic heterocycles. The van der Waals surface area contributed by atoms with Crippen LogP contribution in [0.1, 0.15) is 17.0 Å². The molecule has 0 N–H and O–H groups in total. The smallest absolute Gasteiger partial charge is 0.140 e. The van der Waals surface area contributed by atoms with Crippen LogP contribution in [0.2, 0.25) is 0 Å². The van der Waals surface area contributed by atoms with Gasteiger partial charge in [0.15, 0.2) is 0 Å². The predicted molar refractivity (Wildman–Crippen MR) is 55.0 cm³/mol. The van der Waals surface area contributed by atoms with Gasteiger partial charge in [0.25, 0.3) is 0 Å². The SMILES string of the molecule is Cc1ccn(Cc2ccnc(C#N)c2)n1. The maximum absolute atomic E-state index is 8.70. The Labute approximate surface area is 87.8 Å². The minimum absolute atomic E-state index is 0.441. The van der Waals surface area contributed by atoms with Crippen molar-refractivity contribution in [3.05, 3.63) is 47.5 Å². The highest BCUT2D eigenvalue weighted by molar-refractivity contribution is 5.25. The van der Waals surface area contributed by atoms with Gasteiger partial charge in [-0.3, -0.25) is 4.68 Å². The first-order chi connectivity index (χ1) is 7.28. The van der Waals surface area contributed by atoms with Gasteiger partial charge in [-0.1, -0.05) is 0 Å². The van der Waals surface area contributed by atoms with Crippen molar-refractivity contribution < 1.29 is 0 Å². The molecule has 0 fully saturated rings. The molecule has 0 spiro atoms. The molecular formula is C11H10N4. The van der Waals surface area contributed by atoms with E-state index in [1.807, 2.05) is 36.0 Å². The fourth-order valence-corrected chi connectivity index (χ4v) is 1.37. The summed E-state index contributed by atoms with van der Waals surface area (Å²) in [5, 5.41) is 13.0. The number of hydrogen-bond acceptors (Lipinski definition) is 3. The van der Waals surface area contributed by atoms with Crippen LogP contribution in [0.4, 0.5) is 0 Å². The van der Waals surface area contributed by atoms with Crippen molar-refractivity contribution in [3.63, 3.8) is 0 Å². The molecule has 0 saturated heterocycles. The molecule has 0 amide bonds. The summed E-state index contributed by atoms with van der Waals surface area (Å²) in [5.41, 5.74) is 2.46. The molecule has 4 heteroatoms. The minimum atomic E-state index is 0.441. The molecule has 0 saturated carbocycles. The highest BCUT2D eigenvalue weighted by Crippen LogP contribution is 2.04. The molecule has 0 atom stereocenters. The topological polar surface area (TPSA) is 54.5 Å². The number of hydrogen-bond donors (Lipinski definition) is 0. The average molecular weight is 198 g/mol. The van der Waals surface area contributed by atoms with Crippen LogP contribution in [0.25, 0.3) is 0 Å².